The van der Waals surface area contributed by atoms with Gasteiger partial charge in [0, 0.05) is 25.1 Å². The van der Waals surface area contributed by atoms with Crippen LogP contribution in [0.15, 0.2) is 24.3 Å². The fraction of sp³-hybridized carbons (Fsp3) is 0.611. The molecule has 2 unspecified atom stereocenters. The number of ether oxygens (including phenoxy) is 4. The van der Waals surface area contributed by atoms with E-state index in [0.717, 1.165) is 6.42 Å². The van der Waals surface area contributed by atoms with Gasteiger partial charge in [-0.1, -0.05) is 6.07 Å². The Bertz CT molecular complexity index is 578. The van der Waals surface area contributed by atoms with E-state index in [4.69, 9.17) is 18.9 Å². The predicted octanol–water partition coefficient (Wildman–Crippen LogP) is 1.73. The number of amides is 1. The summed E-state index contributed by atoms with van der Waals surface area (Å²) in [7, 11) is 1.60. The quantitative estimate of drug-likeness (QED) is 0.820. The van der Waals surface area contributed by atoms with Gasteiger partial charge >= 0.3 is 0 Å². The maximum absolute atomic E-state index is 13.1. The molecule has 0 aliphatic carbocycles. The molecule has 2 heterocycles. The van der Waals surface area contributed by atoms with E-state index in [0.29, 0.717) is 50.9 Å². The Labute approximate surface area is 142 Å². The Hall–Kier alpha value is -1.63. The molecule has 1 aromatic carbocycles. The molecule has 1 amide bonds. The third-order valence-corrected chi connectivity index (χ3v) is 4.67. The highest BCUT2D eigenvalue weighted by atomic mass is 16.5. The van der Waals surface area contributed by atoms with Crippen molar-refractivity contribution in [1.29, 1.82) is 0 Å². The molecule has 6 heteroatoms. The summed E-state index contributed by atoms with van der Waals surface area (Å²) in [6.07, 6.45) is 0.746. The Kier molecular flexibility index (Phi) is 5.38. The van der Waals surface area contributed by atoms with Crippen molar-refractivity contribution in [2.24, 2.45) is 0 Å². The summed E-state index contributed by atoms with van der Waals surface area (Å²) in [4.78, 5) is 15.0. The summed E-state index contributed by atoms with van der Waals surface area (Å²) >= 11 is 0. The number of nitrogens with zero attached hydrogens (tertiary/aromatic N) is 1. The van der Waals surface area contributed by atoms with Gasteiger partial charge in [-0.25, -0.2) is 0 Å². The van der Waals surface area contributed by atoms with Gasteiger partial charge in [0.05, 0.1) is 45.2 Å². The number of morpholine rings is 1. The standard InChI is InChI=1S/C18H25NO5/c1-3-22-11-16-10-18(13-24-16)12-23-8-7-19(18)17(20)14-5-4-6-15(9-14)21-2/h4-6,9,16H,3,7-8,10-13H2,1-2H3. The van der Waals surface area contributed by atoms with Gasteiger partial charge in [-0.2, -0.15) is 0 Å². The van der Waals surface area contributed by atoms with Crippen LogP contribution in [0, 0.1) is 0 Å². The molecular weight excluding hydrogens is 310 g/mol. The van der Waals surface area contributed by atoms with E-state index in [1.165, 1.54) is 0 Å². The first-order valence-electron chi connectivity index (χ1n) is 8.41. The molecule has 2 saturated heterocycles. The van der Waals surface area contributed by atoms with Crippen molar-refractivity contribution in [1.82, 2.24) is 4.90 Å². The molecule has 0 aromatic heterocycles. The van der Waals surface area contributed by atoms with Crippen LogP contribution in [0.1, 0.15) is 23.7 Å². The SMILES string of the molecule is CCOCC1CC2(COCCN2C(=O)c2cccc(OC)c2)CO1. The molecule has 0 radical (unpaired) electrons. The first-order chi connectivity index (χ1) is 11.7. The summed E-state index contributed by atoms with van der Waals surface area (Å²) in [6, 6.07) is 7.27. The minimum Gasteiger partial charge on any atom is -0.497 e. The summed E-state index contributed by atoms with van der Waals surface area (Å²) in [6.45, 7) is 5.29. The topological polar surface area (TPSA) is 57.2 Å². The zero-order valence-corrected chi connectivity index (χ0v) is 14.3. The van der Waals surface area contributed by atoms with Crippen molar-refractivity contribution < 1.29 is 23.7 Å². The van der Waals surface area contributed by atoms with Gasteiger partial charge in [0.2, 0.25) is 0 Å². The molecule has 6 nitrogen and oxygen atoms in total. The van der Waals surface area contributed by atoms with E-state index in [1.807, 2.05) is 30.0 Å². The minimum atomic E-state index is -0.403. The predicted molar refractivity (Wildman–Crippen MR) is 88.4 cm³/mol. The summed E-state index contributed by atoms with van der Waals surface area (Å²) in [5.41, 5.74) is 0.226. The van der Waals surface area contributed by atoms with Gasteiger partial charge in [-0.3, -0.25) is 4.79 Å². The first-order valence-corrected chi connectivity index (χ1v) is 8.41. The zero-order chi connectivity index (χ0) is 17.0. The Morgan fingerprint density at radius 3 is 3.08 bits per heavy atom. The van der Waals surface area contributed by atoms with E-state index in [2.05, 4.69) is 0 Å². The average Bonchev–Trinajstić information content (AvgIpc) is 3.03. The lowest BCUT2D eigenvalue weighted by molar-refractivity contribution is -0.0559. The minimum absolute atomic E-state index is 0.00198. The highest BCUT2D eigenvalue weighted by molar-refractivity contribution is 5.95. The van der Waals surface area contributed by atoms with Crippen LogP contribution in [0.2, 0.25) is 0 Å². The van der Waals surface area contributed by atoms with Gasteiger partial charge in [0.1, 0.15) is 5.75 Å². The molecule has 1 aromatic rings. The third kappa shape index (κ3) is 3.41. The molecule has 2 fully saturated rings. The first kappa shape index (κ1) is 17.2. The lowest BCUT2D eigenvalue weighted by Gasteiger charge is -2.43. The van der Waals surface area contributed by atoms with Gasteiger partial charge < -0.3 is 23.8 Å². The van der Waals surface area contributed by atoms with Gasteiger partial charge in [0.25, 0.3) is 5.91 Å². The summed E-state index contributed by atoms with van der Waals surface area (Å²) in [5.74, 6) is 0.679. The lowest BCUT2D eigenvalue weighted by Crippen LogP contribution is -2.59. The Morgan fingerprint density at radius 2 is 2.29 bits per heavy atom. The van der Waals surface area contributed by atoms with E-state index >= 15 is 0 Å². The second-order valence-corrected chi connectivity index (χ2v) is 6.26. The molecular formula is C18H25NO5. The maximum atomic E-state index is 13.1. The number of carbonyl (C=O) groups excluding carboxylic acids is 1. The average molecular weight is 335 g/mol. The number of rotatable bonds is 5. The van der Waals surface area contributed by atoms with Crippen LogP contribution in [0.4, 0.5) is 0 Å². The molecule has 2 aliphatic heterocycles. The number of hydrogen-bond donors (Lipinski definition) is 0. The smallest absolute Gasteiger partial charge is 0.254 e. The lowest BCUT2D eigenvalue weighted by atomic mass is 9.92. The van der Waals surface area contributed by atoms with Crippen LogP contribution in [0.25, 0.3) is 0 Å². The van der Waals surface area contributed by atoms with Crippen LogP contribution in [0.3, 0.4) is 0 Å². The molecule has 2 aliphatic rings. The fourth-order valence-electron chi connectivity index (χ4n) is 3.42. The largest absolute Gasteiger partial charge is 0.497 e. The Balaban J connectivity index is 1.78. The van der Waals surface area contributed by atoms with Crippen molar-refractivity contribution in [3.8, 4) is 5.75 Å². The molecule has 0 bridgehead atoms. The highest BCUT2D eigenvalue weighted by Gasteiger charge is 2.49. The van der Waals surface area contributed by atoms with E-state index in [9.17, 15) is 4.79 Å². The van der Waals surface area contributed by atoms with Crippen molar-refractivity contribution in [2.75, 3.05) is 46.7 Å². The van der Waals surface area contributed by atoms with Crippen LogP contribution in [0.5, 0.6) is 5.75 Å². The normalized spacial score (nSPS) is 26.8. The monoisotopic (exact) mass is 335 g/mol. The van der Waals surface area contributed by atoms with Crippen LogP contribution >= 0.6 is 0 Å². The molecule has 0 saturated carbocycles. The molecule has 24 heavy (non-hydrogen) atoms. The van der Waals surface area contributed by atoms with Gasteiger partial charge in [-0.05, 0) is 25.1 Å². The number of benzene rings is 1. The van der Waals surface area contributed by atoms with E-state index in [-0.39, 0.29) is 12.0 Å². The van der Waals surface area contributed by atoms with Gasteiger partial charge in [-0.15, -0.1) is 0 Å². The van der Waals surface area contributed by atoms with Gasteiger partial charge in [0.15, 0.2) is 0 Å². The van der Waals surface area contributed by atoms with Crippen molar-refractivity contribution in [3.05, 3.63) is 29.8 Å². The second kappa shape index (κ2) is 7.51. The van der Waals surface area contributed by atoms with Crippen LogP contribution < -0.4 is 4.74 Å². The summed E-state index contributed by atoms with van der Waals surface area (Å²) < 4.78 is 22.3. The Morgan fingerprint density at radius 1 is 1.42 bits per heavy atom. The zero-order valence-electron chi connectivity index (χ0n) is 14.3. The summed E-state index contributed by atoms with van der Waals surface area (Å²) in [5, 5.41) is 0. The molecule has 132 valence electrons. The maximum Gasteiger partial charge on any atom is 0.254 e. The van der Waals surface area contributed by atoms with Crippen molar-refractivity contribution >= 4 is 5.91 Å². The van der Waals surface area contributed by atoms with Crippen LogP contribution in [-0.4, -0.2) is 69.1 Å². The van der Waals surface area contributed by atoms with E-state index in [1.54, 1.807) is 13.2 Å². The second-order valence-electron chi connectivity index (χ2n) is 6.26. The van der Waals surface area contributed by atoms with Crippen molar-refractivity contribution in [2.45, 2.75) is 25.0 Å². The third-order valence-electron chi connectivity index (χ3n) is 4.67. The number of methoxy groups -OCH3 is 1. The molecule has 0 N–H and O–H groups in total. The van der Waals surface area contributed by atoms with Crippen molar-refractivity contribution in [3.63, 3.8) is 0 Å². The number of hydrogen-bond acceptors (Lipinski definition) is 5. The molecule has 3 rings (SSSR count). The molecule has 2 atom stereocenters. The highest BCUT2D eigenvalue weighted by Crippen LogP contribution is 2.34. The number of carbonyl (C=O) groups is 1. The fourth-order valence-corrected chi connectivity index (χ4v) is 3.42. The van der Waals surface area contributed by atoms with E-state index < -0.39 is 5.54 Å². The van der Waals surface area contributed by atoms with Crippen LogP contribution in [-0.2, 0) is 14.2 Å². The molecule has 1 spiro atoms.